The second-order valence-electron chi connectivity index (χ2n) is 7.38. The Labute approximate surface area is 169 Å². The quantitative estimate of drug-likeness (QED) is 0.603. The zero-order chi connectivity index (χ0) is 21.2. The lowest BCUT2D eigenvalue weighted by Gasteiger charge is -2.33. The van der Waals surface area contributed by atoms with Gasteiger partial charge in [-0.2, -0.15) is 9.29 Å². The molecule has 0 radical (unpaired) electrons. The van der Waals surface area contributed by atoms with Crippen LogP contribution >= 0.6 is 0 Å². The van der Waals surface area contributed by atoms with Gasteiger partial charge in [-0.25, -0.2) is 12.8 Å². The molecule has 0 aliphatic heterocycles. The van der Waals surface area contributed by atoms with Crippen LogP contribution < -0.4 is 4.74 Å². The molecule has 0 spiro atoms. The minimum atomic E-state index is -3.92. The van der Waals surface area contributed by atoms with E-state index in [1.807, 2.05) is 0 Å². The van der Waals surface area contributed by atoms with Gasteiger partial charge in [-0.05, 0) is 69.3 Å². The number of hydrogen-bond acceptors (Lipinski definition) is 6. The summed E-state index contributed by atoms with van der Waals surface area (Å²) in [4.78, 5) is 4.32. The second-order valence-corrected chi connectivity index (χ2v) is 9.24. The Morgan fingerprint density at radius 1 is 1.07 bits per heavy atom. The Kier molecular flexibility index (Phi) is 5.72. The summed E-state index contributed by atoms with van der Waals surface area (Å²) in [5.74, 6) is 0.682. The number of sulfonamides is 1. The van der Waals surface area contributed by atoms with E-state index in [0.717, 1.165) is 12.1 Å². The zero-order valence-corrected chi connectivity index (χ0v) is 17.4. The van der Waals surface area contributed by atoms with E-state index in [4.69, 9.17) is 9.26 Å². The van der Waals surface area contributed by atoms with Crippen LogP contribution in [0, 0.1) is 5.82 Å². The molecule has 3 rings (SSSR count). The van der Waals surface area contributed by atoms with Crippen LogP contribution in [0.5, 0.6) is 5.75 Å². The molecular weight excluding hydrogens is 397 g/mol. The maximum absolute atomic E-state index is 13.2. The van der Waals surface area contributed by atoms with Crippen LogP contribution in [0.3, 0.4) is 0 Å². The number of ether oxygens (including phenoxy) is 1. The summed E-state index contributed by atoms with van der Waals surface area (Å²) in [6.07, 6.45) is 0. The van der Waals surface area contributed by atoms with Crippen molar-refractivity contribution < 1.29 is 22.1 Å². The van der Waals surface area contributed by atoms with Gasteiger partial charge in [0.1, 0.15) is 11.6 Å². The second kappa shape index (κ2) is 7.92. The molecule has 0 N–H and O–H groups in total. The number of nitrogens with zero attached hydrogens (tertiary/aromatic N) is 3. The topological polar surface area (TPSA) is 85.5 Å². The lowest BCUT2D eigenvalue weighted by molar-refractivity contribution is 0.214. The smallest absolute Gasteiger partial charge is 0.244 e. The first-order valence-corrected chi connectivity index (χ1v) is 10.3. The lowest BCUT2D eigenvalue weighted by atomic mass is 10.1. The Hall–Kier alpha value is -2.78. The summed E-state index contributed by atoms with van der Waals surface area (Å²) < 4.78 is 51.2. The molecule has 0 bridgehead atoms. The van der Waals surface area contributed by atoms with Crippen molar-refractivity contribution in [2.45, 2.75) is 37.8 Å². The Bertz CT molecular complexity index is 1070. The fourth-order valence-corrected chi connectivity index (χ4v) is 4.45. The number of hydrogen-bond donors (Lipinski definition) is 0. The molecule has 0 saturated heterocycles. The lowest BCUT2D eigenvalue weighted by Crippen LogP contribution is -2.45. The van der Waals surface area contributed by atoms with Gasteiger partial charge in [-0.3, -0.25) is 0 Å². The van der Waals surface area contributed by atoms with Crippen molar-refractivity contribution in [3.63, 3.8) is 0 Å². The zero-order valence-electron chi connectivity index (χ0n) is 16.6. The Balaban J connectivity index is 1.90. The first-order valence-electron chi connectivity index (χ1n) is 8.87. The van der Waals surface area contributed by atoms with Crippen LogP contribution in [0.25, 0.3) is 11.4 Å². The summed E-state index contributed by atoms with van der Waals surface area (Å²) >= 11 is 0. The molecule has 0 aliphatic carbocycles. The minimum Gasteiger partial charge on any atom is -0.497 e. The highest BCUT2D eigenvalue weighted by Crippen LogP contribution is 2.27. The minimum absolute atomic E-state index is 0.0104. The summed E-state index contributed by atoms with van der Waals surface area (Å²) in [6.45, 7) is 5.16. The molecule has 2 aromatic carbocycles. The predicted octanol–water partition coefficient (Wildman–Crippen LogP) is 3.87. The predicted molar refractivity (Wildman–Crippen MR) is 105 cm³/mol. The number of benzene rings is 2. The highest BCUT2D eigenvalue weighted by Gasteiger charge is 2.35. The highest BCUT2D eigenvalue weighted by molar-refractivity contribution is 7.89. The van der Waals surface area contributed by atoms with Gasteiger partial charge in [-0.1, -0.05) is 5.16 Å². The van der Waals surface area contributed by atoms with Crippen molar-refractivity contribution >= 4 is 10.0 Å². The van der Waals surface area contributed by atoms with Gasteiger partial charge in [0.05, 0.1) is 18.6 Å². The third-order valence-corrected chi connectivity index (χ3v) is 6.37. The van der Waals surface area contributed by atoms with Gasteiger partial charge < -0.3 is 9.26 Å². The molecule has 7 nitrogen and oxygen atoms in total. The summed E-state index contributed by atoms with van der Waals surface area (Å²) in [7, 11) is -2.34. The molecule has 0 aliphatic rings. The molecule has 0 saturated carbocycles. The summed E-state index contributed by atoms with van der Waals surface area (Å²) in [5.41, 5.74) is -0.0633. The third-order valence-electron chi connectivity index (χ3n) is 4.25. The van der Waals surface area contributed by atoms with Crippen molar-refractivity contribution in [2.24, 2.45) is 0 Å². The number of rotatable bonds is 6. The van der Waals surface area contributed by atoms with Gasteiger partial charge in [0.2, 0.25) is 21.7 Å². The molecule has 154 valence electrons. The standard InChI is InChI=1S/C20H22FN3O4S/c1-20(2,3)24(29(25,26)17-11-7-15(21)8-12-17)13-18-22-19(23-28-18)14-5-9-16(27-4)10-6-14/h5-12H,13H2,1-4H3. The van der Waals surface area contributed by atoms with Crippen molar-refractivity contribution in [1.29, 1.82) is 0 Å². The van der Waals surface area contributed by atoms with E-state index >= 15 is 0 Å². The van der Waals surface area contributed by atoms with Gasteiger partial charge in [0, 0.05) is 11.1 Å². The van der Waals surface area contributed by atoms with Crippen LogP contribution in [0.1, 0.15) is 26.7 Å². The van der Waals surface area contributed by atoms with Crippen molar-refractivity contribution in [3.8, 4) is 17.1 Å². The average molecular weight is 419 g/mol. The van der Waals surface area contributed by atoms with Crippen molar-refractivity contribution in [2.75, 3.05) is 7.11 Å². The maximum Gasteiger partial charge on any atom is 0.244 e. The van der Waals surface area contributed by atoms with Crippen LogP contribution in [0.2, 0.25) is 0 Å². The normalized spacial score (nSPS) is 12.3. The first kappa shape index (κ1) is 20.9. The molecule has 0 unspecified atom stereocenters. The van der Waals surface area contributed by atoms with Crippen LogP contribution in [-0.4, -0.2) is 35.5 Å². The largest absolute Gasteiger partial charge is 0.497 e. The van der Waals surface area contributed by atoms with E-state index in [2.05, 4.69) is 10.1 Å². The van der Waals surface area contributed by atoms with E-state index in [9.17, 15) is 12.8 Å². The third kappa shape index (κ3) is 4.63. The van der Waals surface area contributed by atoms with E-state index in [1.54, 1.807) is 52.1 Å². The molecule has 29 heavy (non-hydrogen) atoms. The summed E-state index contributed by atoms with van der Waals surface area (Å²) in [6, 6.07) is 11.8. The van der Waals surface area contributed by atoms with Crippen LogP contribution in [0.4, 0.5) is 4.39 Å². The molecule has 0 amide bonds. The molecular formula is C20H22FN3O4S. The fraction of sp³-hybridized carbons (Fsp3) is 0.300. The van der Waals surface area contributed by atoms with Gasteiger partial charge >= 0.3 is 0 Å². The van der Waals surface area contributed by atoms with E-state index in [0.29, 0.717) is 17.1 Å². The number of methoxy groups -OCH3 is 1. The number of halogens is 1. The van der Waals surface area contributed by atoms with Gasteiger partial charge in [0.25, 0.3) is 0 Å². The van der Waals surface area contributed by atoms with E-state index < -0.39 is 21.4 Å². The summed E-state index contributed by atoms with van der Waals surface area (Å²) in [5, 5.41) is 3.95. The van der Waals surface area contributed by atoms with E-state index in [1.165, 1.54) is 16.4 Å². The van der Waals surface area contributed by atoms with Crippen molar-refractivity contribution in [3.05, 3.63) is 60.2 Å². The fourth-order valence-electron chi connectivity index (χ4n) is 2.72. The molecule has 0 atom stereocenters. The molecule has 1 aromatic heterocycles. The Morgan fingerprint density at radius 3 is 2.24 bits per heavy atom. The number of aromatic nitrogens is 2. The first-order chi connectivity index (χ1) is 13.6. The average Bonchev–Trinajstić information content (AvgIpc) is 3.14. The van der Waals surface area contributed by atoms with Crippen LogP contribution in [-0.2, 0) is 16.6 Å². The molecule has 1 heterocycles. The SMILES string of the molecule is COc1ccc(-c2noc(CN(C(C)(C)C)S(=O)(=O)c3ccc(F)cc3)n2)cc1. The maximum atomic E-state index is 13.2. The molecule has 9 heteroatoms. The van der Waals surface area contributed by atoms with Gasteiger partial charge in [-0.15, -0.1) is 0 Å². The van der Waals surface area contributed by atoms with Gasteiger partial charge in [0.15, 0.2) is 0 Å². The Morgan fingerprint density at radius 2 is 1.69 bits per heavy atom. The monoisotopic (exact) mass is 419 g/mol. The highest BCUT2D eigenvalue weighted by atomic mass is 32.2. The van der Waals surface area contributed by atoms with Crippen LogP contribution in [0.15, 0.2) is 57.9 Å². The van der Waals surface area contributed by atoms with Crippen molar-refractivity contribution in [1.82, 2.24) is 14.4 Å². The van der Waals surface area contributed by atoms with E-state index in [-0.39, 0.29) is 17.3 Å². The molecule has 3 aromatic rings. The molecule has 0 fully saturated rings.